The smallest absolute Gasteiger partial charge is 0.409 e. The van der Waals surface area contributed by atoms with Gasteiger partial charge in [0.15, 0.2) is 0 Å². The van der Waals surface area contributed by atoms with Crippen LogP contribution in [-0.4, -0.2) is 36.5 Å². The molecule has 1 saturated heterocycles. The number of nitrogens with two attached hydrogens (primary N) is 1. The van der Waals surface area contributed by atoms with E-state index in [0.717, 1.165) is 12.8 Å². The second kappa shape index (κ2) is 7.43. The largest absolute Gasteiger partial charge is 0.448 e. The summed E-state index contributed by atoms with van der Waals surface area (Å²) < 4.78 is 5.73. The lowest BCUT2D eigenvalue weighted by Crippen LogP contribution is -2.41. The van der Waals surface area contributed by atoms with Gasteiger partial charge in [-0.05, 0) is 41.0 Å². The maximum absolute atomic E-state index is 12.6. The third-order valence-corrected chi connectivity index (χ3v) is 5.62. The second-order valence-corrected chi connectivity index (χ2v) is 7.49. The van der Waals surface area contributed by atoms with Gasteiger partial charge in [-0.15, -0.1) is 0 Å². The van der Waals surface area contributed by atoms with Gasteiger partial charge in [-0.3, -0.25) is 5.41 Å². The van der Waals surface area contributed by atoms with Crippen LogP contribution in [0.1, 0.15) is 36.3 Å². The topological polar surface area (TPSA) is 79.4 Å². The molecule has 0 bridgehead atoms. The number of nitrogens with zero attached hydrogens (tertiary/aromatic N) is 1. The fourth-order valence-electron chi connectivity index (χ4n) is 4.39. The van der Waals surface area contributed by atoms with Gasteiger partial charge in [0.2, 0.25) is 0 Å². The molecule has 1 unspecified atom stereocenters. The monoisotopic (exact) mass is 363 g/mol. The number of rotatable bonds is 4. The lowest BCUT2D eigenvalue weighted by atomic mass is 9.95. The standard InChI is InChI=1S/C22H25N3O2/c23-21(24)12-15-6-5-11-25(13-15)22(26)27-14-20-18-9-3-1-7-16(18)17-8-2-4-10-19(17)20/h1-4,7-10,15,20H,5-6,11-14H2,(H3,23,24). The summed E-state index contributed by atoms with van der Waals surface area (Å²) in [5.41, 5.74) is 10.4. The third-order valence-electron chi connectivity index (χ3n) is 5.62. The number of hydrogen-bond donors (Lipinski definition) is 2. The number of amidine groups is 1. The average Bonchev–Trinajstić information content (AvgIpc) is 3.00. The van der Waals surface area contributed by atoms with Crippen LogP contribution in [0.4, 0.5) is 4.79 Å². The minimum atomic E-state index is -0.259. The van der Waals surface area contributed by atoms with E-state index < -0.39 is 0 Å². The van der Waals surface area contributed by atoms with Gasteiger partial charge in [0.1, 0.15) is 6.61 Å². The Bertz CT molecular complexity index is 819. The Morgan fingerprint density at radius 1 is 1.11 bits per heavy atom. The van der Waals surface area contributed by atoms with E-state index in [-0.39, 0.29) is 23.8 Å². The molecule has 3 N–H and O–H groups in total. The summed E-state index contributed by atoms with van der Waals surface area (Å²) in [5, 5.41) is 7.48. The van der Waals surface area contributed by atoms with Crippen molar-refractivity contribution in [2.75, 3.05) is 19.7 Å². The normalized spacial score (nSPS) is 18.7. The van der Waals surface area contributed by atoms with Crippen molar-refractivity contribution in [2.24, 2.45) is 11.7 Å². The minimum Gasteiger partial charge on any atom is -0.448 e. The van der Waals surface area contributed by atoms with E-state index in [2.05, 4.69) is 24.3 Å². The zero-order valence-electron chi connectivity index (χ0n) is 15.4. The molecule has 1 heterocycles. The van der Waals surface area contributed by atoms with Crippen LogP contribution in [0.3, 0.4) is 0 Å². The molecule has 140 valence electrons. The first-order valence-electron chi connectivity index (χ1n) is 9.56. The molecule has 2 aromatic carbocycles. The molecule has 1 amide bonds. The molecule has 1 aliphatic carbocycles. The van der Waals surface area contributed by atoms with Gasteiger partial charge in [-0.2, -0.15) is 0 Å². The minimum absolute atomic E-state index is 0.0826. The highest BCUT2D eigenvalue weighted by atomic mass is 16.6. The Hall–Kier alpha value is -2.82. The summed E-state index contributed by atoms with van der Waals surface area (Å²) in [6, 6.07) is 16.7. The number of benzene rings is 2. The molecule has 4 rings (SSSR count). The molecule has 0 saturated carbocycles. The highest BCUT2D eigenvalue weighted by molar-refractivity contribution is 5.79. The molecule has 2 aromatic rings. The lowest BCUT2D eigenvalue weighted by Gasteiger charge is -2.32. The van der Waals surface area contributed by atoms with Crippen molar-refractivity contribution in [3.8, 4) is 11.1 Å². The van der Waals surface area contributed by atoms with Crippen molar-refractivity contribution in [3.63, 3.8) is 0 Å². The van der Waals surface area contributed by atoms with E-state index in [9.17, 15) is 4.79 Å². The molecule has 0 radical (unpaired) electrons. The van der Waals surface area contributed by atoms with E-state index in [1.165, 1.54) is 22.3 Å². The predicted octanol–water partition coefficient (Wildman–Crippen LogP) is 3.97. The molecule has 0 spiro atoms. The number of ether oxygens (including phenoxy) is 1. The van der Waals surface area contributed by atoms with Crippen LogP contribution >= 0.6 is 0 Å². The Morgan fingerprint density at radius 2 is 1.74 bits per heavy atom. The van der Waals surface area contributed by atoms with Gasteiger partial charge in [-0.25, -0.2) is 4.79 Å². The number of hydrogen-bond acceptors (Lipinski definition) is 3. The molecule has 27 heavy (non-hydrogen) atoms. The van der Waals surface area contributed by atoms with Crippen LogP contribution in [0.15, 0.2) is 48.5 Å². The zero-order valence-corrected chi connectivity index (χ0v) is 15.4. The molecular formula is C22H25N3O2. The third kappa shape index (κ3) is 3.54. The van der Waals surface area contributed by atoms with Crippen molar-refractivity contribution in [1.82, 2.24) is 4.90 Å². The molecule has 1 aliphatic heterocycles. The molecule has 1 atom stereocenters. The van der Waals surface area contributed by atoms with Gasteiger partial charge in [0, 0.05) is 25.4 Å². The van der Waals surface area contributed by atoms with Crippen molar-refractivity contribution in [1.29, 1.82) is 5.41 Å². The predicted molar refractivity (Wildman–Crippen MR) is 106 cm³/mol. The second-order valence-electron chi connectivity index (χ2n) is 7.49. The summed E-state index contributed by atoms with van der Waals surface area (Å²) in [7, 11) is 0. The molecule has 1 fully saturated rings. The number of nitrogens with one attached hydrogen (secondary N) is 1. The van der Waals surface area contributed by atoms with Crippen LogP contribution in [0.25, 0.3) is 11.1 Å². The zero-order chi connectivity index (χ0) is 18.8. The maximum atomic E-state index is 12.6. The van der Waals surface area contributed by atoms with Gasteiger partial charge in [-0.1, -0.05) is 48.5 Å². The highest BCUT2D eigenvalue weighted by Crippen LogP contribution is 2.44. The van der Waals surface area contributed by atoms with Crippen molar-refractivity contribution < 1.29 is 9.53 Å². The van der Waals surface area contributed by atoms with Crippen LogP contribution < -0.4 is 5.73 Å². The summed E-state index contributed by atoms with van der Waals surface area (Å²) in [6.07, 6.45) is 2.23. The first kappa shape index (κ1) is 17.6. The van der Waals surface area contributed by atoms with Crippen molar-refractivity contribution >= 4 is 11.9 Å². The molecule has 0 aromatic heterocycles. The summed E-state index contributed by atoms with van der Waals surface area (Å²) in [6.45, 7) is 1.68. The van der Waals surface area contributed by atoms with Crippen LogP contribution in [0.5, 0.6) is 0 Å². The Labute approximate surface area is 159 Å². The average molecular weight is 363 g/mol. The van der Waals surface area contributed by atoms with Crippen molar-refractivity contribution in [3.05, 3.63) is 59.7 Å². The van der Waals surface area contributed by atoms with Crippen molar-refractivity contribution in [2.45, 2.75) is 25.2 Å². The van der Waals surface area contributed by atoms with E-state index in [1.807, 2.05) is 24.3 Å². The SMILES string of the molecule is N=C(N)CC1CCCN(C(=O)OCC2c3ccccc3-c3ccccc32)C1. The summed E-state index contributed by atoms with van der Waals surface area (Å²) in [4.78, 5) is 14.4. The number of carbonyl (C=O) groups excluding carboxylic acids is 1. The summed E-state index contributed by atoms with van der Waals surface area (Å²) >= 11 is 0. The summed E-state index contributed by atoms with van der Waals surface area (Å²) in [5.74, 6) is 0.533. The van der Waals surface area contributed by atoms with Crippen LogP contribution in [0, 0.1) is 11.3 Å². The number of piperidine rings is 1. The van der Waals surface area contributed by atoms with Gasteiger partial charge >= 0.3 is 6.09 Å². The molecule has 2 aliphatic rings. The van der Waals surface area contributed by atoms with Gasteiger partial charge in [0.05, 0.1) is 5.84 Å². The Morgan fingerprint density at radius 3 is 2.37 bits per heavy atom. The number of amides is 1. The first-order chi connectivity index (χ1) is 13.1. The lowest BCUT2D eigenvalue weighted by molar-refractivity contribution is 0.0830. The fourth-order valence-corrected chi connectivity index (χ4v) is 4.39. The molecule has 5 nitrogen and oxygen atoms in total. The van der Waals surface area contributed by atoms with Crippen LogP contribution in [-0.2, 0) is 4.74 Å². The first-order valence-corrected chi connectivity index (χ1v) is 9.56. The number of carbonyl (C=O) groups is 1. The number of fused-ring (bicyclic) bond motifs is 3. The quantitative estimate of drug-likeness (QED) is 0.637. The van der Waals surface area contributed by atoms with E-state index >= 15 is 0 Å². The Kier molecular flexibility index (Phi) is 4.84. The highest BCUT2D eigenvalue weighted by Gasteiger charge is 2.30. The van der Waals surface area contributed by atoms with Gasteiger partial charge in [0.25, 0.3) is 0 Å². The molecule has 5 heteroatoms. The fraction of sp³-hybridized carbons (Fsp3) is 0.364. The molecular weight excluding hydrogens is 338 g/mol. The maximum Gasteiger partial charge on any atom is 0.409 e. The van der Waals surface area contributed by atoms with E-state index in [1.54, 1.807) is 4.90 Å². The number of likely N-dealkylation sites (tertiary alicyclic amines) is 1. The Balaban J connectivity index is 1.44. The van der Waals surface area contributed by atoms with Gasteiger partial charge < -0.3 is 15.4 Å². The van der Waals surface area contributed by atoms with E-state index in [0.29, 0.717) is 26.1 Å². The van der Waals surface area contributed by atoms with E-state index in [4.69, 9.17) is 15.9 Å². The van der Waals surface area contributed by atoms with Crippen LogP contribution in [0.2, 0.25) is 0 Å².